The summed E-state index contributed by atoms with van der Waals surface area (Å²) in [4.78, 5) is 0. The van der Waals surface area contributed by atoms with Crippen molar-refractivity contribution in [3.8, 4) is 5.75 Å². The van der Waals surface area contributed by atoms with Gasteiger partial charge < -0.3 is 10.1 Å². The molecular formula is C12H17BrClNO. The molecule has 1 N–H and O–H groups in total. The summed E-state index contributed by atoms with van der Waals surface area (Å²) in [6, 6.07) is 6.84. The van der Waals surface area contributed by atoms with Crippen LogP contribution >= 0.6 is 28.3 Å². The molecule has 16 heavy (non-hydrogen) atoms. The van der Waals surface area contributed by atoms with Gasteiger partial charge in [-0.2, -0.15) is 0 Å². The van der Waals surface area contributed by atoms with Gasteiger partial charge in [-0.3, -0.25) is 0 Å². The summed E-state index contributed by atoms with van der Waals surface area (Å²) in [5, 5.41) is 3.54. The van der Waals surface area contributed by atoms with Crippen LogP contribution in [0.25, 0.3) is 0 Å². The predicted octanol–water partition coefficient (Wildman–Crippen LogP) is 3.69. The van der Waals surface area contributed by atoms with E-state index in [1.807, 2.05) is 6.07 Å². The topological polar surface area (TPSA) is 21.3 Å². The Hall–Kier alpha value is -0.250. The largest absolute Gasteiger partial charge is 0.496 e. The summed E-state index contributed by atoms with van der Waals surface area (Å²) in [5.41, 5.74) is 1.35. The number of hydrogen-bond acceptors (Lipinski definition) is 2. The highest BCUT2D eigenvalue weighted by molar-refractivity contribution is 9.10. The Morgan fingerprint density at radius 3 is 2.75 bits per heavy atom. The van der Waals surface area contributed by atoms with Gasteiger partial charge in [-0.15, -0.1) is 12.4 Å². The fourth-order valence-corrected chi connectivity index (χ4v) is 2.59. The van der Waals surface area contributed by atoms with Gasteiger partial charge in [0.05, 0.1) is 11.6 Å². The van der Waals surface area contributed by atoms with E-state index < -0.39 is 0 Å². The van der Waals surface area contributed by atoms with Gasteiger partial charge in [0.1, 0.15) is 5.75 Å². The molecule has 0 amide bonds. The minimum Gasteiger partial charge on any atom is -0.496 e. The monoisotopic (exact) mass is 305 g/mol. The number of hydrogen-bond donors (Lipinski definition) is 1. The molecule has 2 rings (SSSR count). The third-order valence-corrected chi connectivity index (χ3v) is 3.51. The normalized spacial score (nSPS) is 20.0. The molecule has 1 atom stereocenters. The number of rotatable bonds is 2. The highest BCUT2D eigenvalue weighted by Gasteiger charge is 2.15. The van der Waals surface area contributed by atoms with E-state index in [-0.39, 0.29) is 12.4 Å². The zero-order valence-corrected chi connectivity index (χ0v) is 11.7. The molecule has 0 saturated carbocycles. The summed E-state index contributed by atoms with van der Waals surface area (Å²) >= 11 is 3.52. The first kappa shape index (κ1) is 13.8. The Morgan fingerprint density at radius 1 is 1.38 bits per heavy atom. The maximum atomic E-state index is 5.22. The third kappa shape index (κ3) is 3.12. The SMILES string of the molecule is COc1ccc([C@@H]2CCCCN2)cc1Br.Cl. The lowest BCUT2D eigenvalue weighted by Crippen LogP contribution is -2.26. The van der Waals surface area contributed by atoms with Crippen LogP contribution in [0.3, 0.4) is 0 Å². The average molecular weight is 307 g/mol. The average Bonchev–Trinajstić information content (AvgIpc) is 2.30. The Labute approximate surface area is 111 Å². The first-order chi connectivity index (χ1) is 7.31. The Morgan fingerprint density at radius 2 is 2.19 bits per heavy atom. The standard InChI is InChI=1S/C12H16BrNO.ClH/c1-15-12-6-5-9(8-10(12)13)11-4-2-3-7-14-11;/h5-6,8,11,14H,2-4,7H2,1H3;1H/t11-;/m0./s1. The van der Waals surface area contributed by atoms with Crippen LogP contribution in [0.4, 0.5) is 0 Å². The van der Waals surface area contributed by atoms with E-state index in [0.717, 1.165) is 16.8 Å². The lowest BCUT2D eigenvalue weighted by Gasteiger charge is -2.24. The molecule has 0 aliphatic carbocycles. The third-order valence-electron chi connectivity index (χ3n) is 2.89. The molecule has 0 bridgehead atoms. The number of piperidine rings is 1. The second-order valence-electron chi connectivity index (χ2n) is 3.90. The van der Waals surface area contributed by atoms with Crippen molar-refractivity contribution in [2.75, 3.05) is 13.7 Å². The van der Waals surface area contributed by atoms with Crippen molar-refractivity contribution < 1.29 is 4.74 Å². The van der Waals surface area contributed by atoms with Crippen LogP contribution in [0, 0.1) is 0 Å². The van der Waals surface area contributed by atoms with Crippen LogP contribution in [0.1, 0.15) is 30.9 Å². The van der Waals surface area contributed by atoms with Gasteiger partial charge in [-0.25, -0.2) is 0 Å². The maximum Gasteiger partial charge on any atom is 0.133 e. The molecule has 90 valence electrons. The highest BCUT2D eigenvalue weighted by Crippen LogP contribution is 2.30. The van der Waals surface area contributed by atoms with E-state index in [0.29, 0.717) is 6.04 Å². The molecule has 0 unspecified atom stereocenters. The van der Waals surface area contributed by atoms with Crippen molar-refractivity contribution in [2.24, 2.45) is 0 Å². The molecule has 1 aliphatic heterocycles. The van der Waals surface area contributed by atoms with Crippen LogP contribution in [0.2, 0.25) is 0 Å². The van der Waals surface area contributed by atoms with E-state index in [1.54, 1.807) is 7.11 Å². The number of ether oxygens (including phenoxy) is 1. The number of nitrogens with one attached hydrogen (secondary N) is 1. The minimum absolute atomic E-state index is 0. The number of methoxy groups -OCH3 is 1. The second kappa shape index (κ2) is 6.48. The Balaban J connectivity index is 0.00000128. The molecule has 1 aliphatic rings. The molecular weight excluding hydrogens is 289 g/mol. The van der Waals surface area contributed by atoms with Crippen molar-refractivity contribution in [3.05, 3.63) is 28.2 Å². The summed E-state index contributed by atoms with van der Waals surface area (Å²) in [6.45, 7) is 1.13. The van der Waals surface area contributed by atoms with Crippen molar-refractivity contribution in [3.63, 3.8) is 0 Å². The summed E-state index contributed by atoms with van der Waals surface area (Å²) in [6.07, 6.45) is 3.86. The molecule has 1 aromatic carbocycles. The van der Waals surface area contributed by atoms with E-state index >= 15 is 0 Å². The molecule has 4 heteroatoms. The van der Waals surface area contributed by atoms with E-state index in [1.165, 1.54) is 24.8 Å². The molecule has 0 spiro atoms. The van der Waals surface area contributed by atoms with E-state index in [9.17, 15) is 0 Å². The van der Waals surface area contributed by atoms with Gasteiger partial charge >= 0.3 is 0 Å². The molecule has 1 saturated heterocycles. The van der Waals surface area contributed by atoms with Crippen molar-refractivity contribution >= 4 is 28.3 Å². The summed E-state index contributed by atoms with van der Waals surface area (Å²) in [5.74, 6) is 0.898. The summed E-state index contributed by atoms with van der Waals surface area (Å²) in [7, 11) is 1.69. The number of benzene rings is 1. The predicted molar refractivity (Wildman–Crippen MR) is 72.5 cm³/mol. The molecule has 2 nitrogen and oxygen atoms in total. The molecule has 1 heterocycles. The fraction of sp³-hybridized carbons (Fsp3) is 0.500. The van der Waals surface area contributed by atoms with Gasteiger partial charge in [0.2, 0.25) is 0 Å². The van der Waals surface area contributed by atoms with E-state index in [2.05, 4.69) is 33.4 Å². The van der Waals surface area contributed by atoms with Gasteiger partial charge in [0, 0.05) is 6.04 Å². The van der Waals surface area contributed by atoms with Crippen LogP contribution in [0.5, 0.6) is 5.75 Å². The van der Waals surface area contributed by atoms with Crippen LogP contribution in [-0.2, 0) is 0 Å². The Kier molecular flexibility index (Phi) is 5.59. The summed E-state index contributed by atoms with van der Waals surface area (Å²) < 4.78 is 6.26. The molecule has 0 aromatic heterocycles. The zero-order valence-electron chi connectivity index (χ0n) is 9.33. The van der Waals surface area contributed by atoms with E-state index in [4.69, 9.17) is 4.74 Å². The van der Waals surface area contributed by atoms with Crippen molar-refractivity contribution in [1.82, 2.24) is 5.32 Å². The van der Waals surface area contributed by atoms with Crippen LogP contribution in [0.15, 0.2) is 22.7 Å². The lowest BCUT2D eigenvalue weighted by atomic mass is 9.97. The van der Waals surface area contributed by atoms with Crippen molar-refractivity contribution in [2.45, 2.75) is 25.3 Å². The van der Waals surface area contributed by atoms with Crippen LogP contribution in [-0.4, -0.2) is 13.7 Å². The van der Waals surface area contributed by atoms with Crippen LogP contribution < -0.4 is 10.1 Å². The van der Waals surface area contributed by atoms with Gasteiger partial charge in [0.15, 0.2) is 0 Å². The maximum absolute atomic E-state index is 5.22. The first-order valence-electron chi connectivity index (χ1n) is 5.38. The smallest absolute Gasteiger partial charge is 0.133 e. The lowest BCUT2D eigenvalue weighted by molar-refractivity contribution is 0.404. The number of halogens is 2. The fourth-order valence-electron chi connectivity index (χ4n) is 2.04. The van der Waals surface area contributed by atoms with Gasteiger partial charge in [-0.1, -0.05) is 12.5 Å². The zero-order chi connectivity index (χ0) is 10.7. The molecule has 1 fully saturated rings. The Bertz CT molecular complexity index is 340. The second-order valence-corrected chi connectivity index (χ2v) is 4.75. The first-order valence-corrected chi connectivity index (χ1v) is 6.17. The minimum atomic E-state index is 0. The van der Waals surface area contributed by atoms with Gasteiger partial charge in [0.25, 0.3) is 0 Å². The molecule has 0 radical (unpaired) electrons. The van der Waals surface area contributed by atoms with Crippen molar-refractivity contribution in [1.29, 1.82) is 0 Å². The van der Waals surface area contributed by atoms with Gasteiger partial charge in [-0.05, 0) is 53.0 Å². The highest BCUT2D eigenvalue weighted by atomic mass is 79.9. The molecule has 1 aromatic rings. The quantitative estimate of drug-likeness (QED) is 0.899.